The minimum atomic E-state index is -3.84. The summed E-state index contributed by atoms with van der Waals surface area (Å²) in [5, 5.41) is 9.17. The highest BCUT2D eigenvalue weighted by atomic mass is 35.5. The van der Waals surface area contributed by atoms with Gasteiger partial charge in [-0.2, -0.15) is 0 Å². The number of aromatic carboxylic acids is 1. The predicted molar refractivity (Wildman–Crippen MR) is 78.0 cm³/mol. The molecule has 2 aromatic rings. The third-order valence-corrected chi connectivity index (χ3v) is 4.07. The lowest BCUT2D eigenvalue weighted by Crippen LogP contribution is -2.09. The maximum Gasteiger partial charge on any atom is 0.337 e. The lowest BCUT2D eigenvalue weighted by atomic mass is 10.2. The van der Waals surface area contributed by atoms with E-state index in [-0.39, 0.29) is 16.3 Å². The van der Waals surface area contributed by atoms with Gasteiger partial charge in [-0.1, -0.05) is 29.8 Å². The van der Waals surface area contributed by atoms with Crippen LogP contribution in [0.15, 0.2) is 47.4 Å². The van der Waals surface area contributed by atoms with E-state index >= 15 is 0 Å². The summed E-state index contributed by atoms with van der Waals surface area (Å²) in [6, 6.07) is 10.8. The summed E-state index contributed by atoms with van der Waals surface area (Å²) in [7, 11) is -3.84. The van der Waals surface area contributed by atoms with Gasteiger partial charge in [-0.05, 0) is 24.3 Å². The van der Waals surface area contributed by atoms with Crippen molar-refractivity contribution in [3.63, 3.8) is 0 Å². The number of rotatable bonds is 4. The Morgan fingerprint density at radius 2 is 1.76 bits per heavy atom. The van der Waals surface area contributed by atoms with Gasteiger partial charge in [-0.15, -0.1) is 0 Å². The van der Waals surface area contributed by atoms with Crippen LogP contribution in [0.25, 0.3) is 0 Å². The molecule has 5 nitrogen and oxygen atoms in total. The lowest BCUT2D eigenvalue weighted by Gasteiger charge is -2.14. The quantitative estimate of drug-likeness (QED) is 0.932. The van der Waals surface area contributed by atoms with Crippen LogP contribution < -0.4 is 4.74 Å². The molecule has 0 bridgehead atoms. The molecule has 7 heteroatoms. The molecule has 0 aliphatic heterocycles. The molecule has 0 aliphatic rings. The topological polar surface area (TPSA) is 80.7 Å². The van der Waals surface area contributed by atoms with Crippen LogP contribution >= 0.6 is 11.6 Å². The van der Waals surface area contributed by atoms with Crippen molar-refractivity contribution < 1.29 is 23.1 Å². The van der Waals surface area contributed by atoms with Gasteiger partial charge in [-0.3, -0.25) is 0 Å². The Hall–Kier alpha value is -2.05. The molecule has 0 fully saturated rings. The van der Waals surface area contributed by atoms with Gasteiger partial charge < -0.3 is 9.84 Å². The Morgan fingerprint density at radius 3 is 2.29 bits per heavy atom. The molecule has 0 saturated heterocycles. The molecular formula is C14H11ClO5S. The first-order valence-corrected chi connectivity index (χ1v) is 8.06. The van der Waals surface area contributed by atoms with Crippen LogP contribution in [0.5, 0.6) is 11.5 Å². The molecular weight excluding hydrogens is 316 g/mol. The minimum absolute atomic E-state index is 0.0179. The van der Waals surface area contributed by atoms with Gasteiger partial charge in [0.25, 0.3) is 0 Å². The van der Waals surface area contributed by atoms with Crippen LogP contribution in [-0.4, -0.2) is 25.7 Å². The summed E-state index contributed by atoms with van der Waals surface area (Å²) in [5.41, 5.74) is -0.382. The molecule has 0 heterocycles. The molecule has 0 spiro atoms. The highest BCUT2D eigenvalue weighted by molar-refractivity contribution is 7.91. The van der Waals surface area contributed by atoms with E-state index in [1.807, 2.05) is 0 Å². The zero-order valence-corrected chi connectivity index (χ0v) is 12.5. The van der Waals surface area contributed by atoms with Gasteiger partial charge in [0.15, 0.2) is 15.6 Å². The molecule has 0 aliphatic carbocycles. The molecule has 2 rings (SSSR count). The number of halogens is 1. The number of hydrogen-bond donors (Lipinski definition) is 1. The summed E-state index contributed by atoms with van der Waals surface area (Å²) in [6.45, 7) is 0. The van der Waals surface area contributed by atoms with Crippen LogP contribution in [-0.2, 0) is 9.84 Å². The first-order valence-electron chi connectivity index (χ1n) is 5.79. The van der Waals surface area contributed by atoms with Crippen LogP contribution in [0.1, 0.15) is 10.4 Å². The Labute approximate surface area is 126 Å². The first kappa shape index (κ1) is 15.3. The van der Waals surface area contributed by atoms with Crippen molar-refractivity contribution in [1.82, 2.24) is 0 Å². The third kappa shape index (κ3) is 3.34. The minimum Gasteiger partial charge on any atom is -0.478 e. The lowest BCUT2D eigenvalue weighted by molar-refractivity contribution is 0.0692. The Bertz CT molecular complexity index is 785. The van der Waals surface area contributed by atoms with E-state index in [0.717, 1.165) is 12.3 Å². The van der Waals surface area contributed by atoms with Crippen molar-refractivity contribution in [1.29, 1.82) is 0 Å². The molecule has 0 aromatic heterocycles. The van der Waals surface area contributed by atoms with Crippen molar-refractivity contribution >= 4 is 27.4 Å². The molecule has 0 atom stereocenters. The fourth-order valence-corrected chi connectivity index (χ4v) is 3.07. The molecule has 21 heavy (non-hydrogen) atoms. The average molecular weight is 327 g/mol. The fourth-order valence-electron chi connectivity index (χ4n) is 1.78. The summed E-state index contributed by atoms with van der Waals surface area (Å²) < 4.78 is 29.3. The van der Waals surface area contributed by atoms with Gasteiger partial charge in [-0.25, -0.2) is 13.2 Å². The number of benzene rings is 2. The summed E-state index contributed by atoms with van der Waals surface area (Å²) in [5.74, 6) is -1.21. The predicted octanol–water partition coefficient (Wildman–Crippen LogP) is 3.23. The Kier molecular flexibility index (Phi) is 4.20. The maximum atomic E-state index is 11.9. The van der Waals surface area contributed by atoms with E-state index < -0.39 is 20.7 Å². The number of hydrogen-bond acceptors (Lipinski definition) is 4. The first-order chi connectivity index (χ1) is 9.80. The van der Waals surface area contributed by atoms with Gasteiger partial charge in [0.05, 0.1) is 10.6 Å². The smallest absolute Gasteiger partial charge is 0.337 e. The zero-order valence-electron chi connectivity index (χ0n) is 10.9. The van der Waals surface area contributed by atoms with Gasteiger partial charge in [0.1, 0.15) is 10.6 Å². The van der Waals surface area contributed by atoms with Crippen LogP contribution in [0, 0.1) is 0 Å². The highest BCUT2D eigenvalue weighted by Gasteiger charge is 2.26. The zero-order chi connectivity index (χ0) is 15.6. The largest absolute Gasteiger partial charge is 0.478 e. The maximum absolute atomic E-state index is 11.9. The Morgan fingerprint density at radius 1 is 1.14 bits per heavy atom. The molecule has 0 amide bonds. The van der Waals surface area contributed by atoms with Crippen molar-refractivity contribution in [2.24, 2.45) is 0 Å². The van der Waals surface area contributed by atoms with Crippen molar-refractivity contribution in [2.45, 2.75) is 4.90 Å². The fraction of sp³-hybridized carbons (Fsp3) is 0.0714. The van der Waals surface area contributed by atoms with E-state index in [1.54, 1.807) is 30.3 Å². The number of para-hydroxylation sites is 1. The molecule has 0 saturated carbocycles. The van der Waals surface area contributed by atoms with Crippen molar-refractivity contribution in [2.75, 3.05) is 6.26 Å². The van der Waals surface area contributed by atoms with Crippen molar-refractivity contribution in [3.8, 4) is 11.5 Å². The molecule has 110 valence electrons. The van der Waals surface area contributed by atoms with Crippen LogP contribution in [0.2, 0.25) is 5.02 Å². The SMILES string of the molecule is CS(=O)(=O)c1c(C(=O)O)ccc(Cl)c1Oc1ccccc1. The second kappa shape index (κ2) is 5.75. The normalized spacial score (nSPS) is 11.1. The van der Waals surface area contributed by atoms with Crippen LogP contribution in [0.4, 0.5) is 0 Å². The van der Waals surface area contributed by atoms with E-state index in [0.29, 0.717) is 5.75 Å². The van der Waals surface area contributed by atoms with E-state index in [4.69, 9.17) is 21.4 Å². The second-order valence-electron chi connectivity index (χ2n) is 4.25. The van der Waals surface area contributed by atoms with E-state index in [9.17, 15) is 13.2 Å². The number of sulfone groups is 1. The average Bonchev–Trinajstić information content (AvgIpc) is 2.40. The Balaban J connectivity index is 2.69. The third-order valence-electron chi connectivity index (χ3n) is 2.63. The molecule has 2 aromatic carbocycles. The monoisotopic (exact) mass is 326 g/mol. The van der Waals surface area contributed by atoms with Gasteiger partial charge in [0, 0.05) is 6.26 Å². The van der Waals surface area contributed by atoms with Crippen LogP contribution in [0.3, 0.4) is 0 Å². The summed E-state index contributed by atoms with van der Waals surface area (Å²) >= 11 is 5.98. The van der Waals surface area contributed by atoms with Crippen molar-refractivity contribution in [3.05, 3.63) is 53.1 Å². The molecule has 0 unspecified atom stereocenters. The number of carboxylic acids is 1. The number of carbonyl (C=O) groups is 1. The standard InChI is InChI=1S/C14H11ClO5S/c1-21(18,19)13-10(14(16)17)7-8-11(15)12(13)20-9-5-3-2-4-6-9/h2-8H,1H3,(H,16,17). The molecule has 0 radical (unpaired) electrons. The number of ether oxygens (including phenoxy) is 1. The van der Waals surface area contributed by atoms with E-state index in [2.05, 4.69) is 0 Å². The summed E-state index contributed by atoms with van der Waals surface area (Å²) in [4.78, 5) is 10.8. The highest BCUT2D eigenvalue weighted by Crippen LogP contribution is 2.38. The van der Waals surface area contributed by atoms with E-state index in [1.165, 1.54) is 6.07 Å². The molecule has 1 N–H and O–H groups in total. The van der Waals surface area contributed by atoms with Gasteiger partial charge >= 0.3 is 5.97 Å². The number of carboxylic acid groups (broad SMARTS) is 1. The van der Waals surface area contributed by atoms with Gasteiger partial charge in [0.2, 0.25) is 0 Å². The second-order valence-corrected chi connectivity index (χ2v) is 6.61. The summed E-state index contributed by atoms with van der Waals surface area (Å²) in [6.07, 6.45) is 0.906.